The Labute approximate surface area is 165 Å². The summed E-state index contributed by atoms with van der Waals surface area (Å²) in [6.45, 7) is 1.71. The molecule has 0 heterocycles. The Morgan fingerprint density at radius 1 is 1.00 bits per heavy atom. The topological polar surface area (TPSA) is 72.5 Å². The molecule has 3 rings (SSSR count). The van der Waals surface area contributed by atoms with Crippen molar-refractivity contribution in [1.82, 2.24) is 0 Å². The van der Waals surface area contributed by atoms with Crippen LogP contribution in [0, 0.1) is 0 Å². The van der Waals surface area contributed by atoms with Crippen molar-refractivity contribution >= 4 is 32.2 Å². The second-order valence-corrected chi connectivity index (χ2v) is 9.06. The summed E-state index contributed by atoms with van der Waals surface area (Å²) in [7, 11) is -2.99. The maximum atomic E-state index is 12.5. The summed E-state index contributed by atoms with van der Waals surface area (Å²) in [5.74, 6) is 0.517. The largest absolute Gasteiger partial charge is 0.480 e. The summed E-state index contributed by atoms with van der Waals surface area (Å²) < 4.78 is 28.4. The third kappa shape index (κ3) is 5.33. The number of carbonyl (C=O) groups is 1. The fourth-order valence-corrected chi connectivity index (χ4v) is 3.45. The standard InChI is InChI=1S/C22H23NO4S/c1-16(27-21-9-5-7-18-6-3-4-8-20(18)21)22(24)23-19-12-10-17(11-13-19)14-15-28(2,25)26/h3-13,16H,14-15H2,1-2H3,(H,23,24)/t16-/m1/s1. The number of anilines is 1. The molecule has 0 radical (unpaired) electrons. The van der Waals surface area contributed by atoms with Crippen LogP contribution in [0.1, 0.15) is 12.5 Å². The molecular weight excluding hydrogens is 374 g/mol. The molecule has 3 aromatic rings. The SMILES string of the molecule is C[C@@H](Oc1cccc2ccccc12)C(=O)Nc1ccc(CCS(C)(=O)=O)cc1. The fraction of sp³-hybridized carbons (Fsp3) is 0.227. The van der Waals surface area contributed by atoms with Crippen molar-refractivity contribution in [3.05, 3.63) is 72.3 Å². The molecule has 0 bridgehead atoms. The molecule has 0 aliphatic rings. The van der Waals surface area contributed by atoms with Crippen LogP contribution in [0.15, 0.2) is 66.7 Å². The van der Waals surface area contributed by atoms with Crippen LogP contribution in [0.25, 0.3) is 10.8 Å². The first kappa shape index (κ1) is 19.9. The summed E-state index contributed by atoms with van der Waals surface area (Å²) >= 11 is 0. The van der Waals surface area contributed by atoms with Crippen LogP contribution in [-0.2, 0) is 21.1 Å². The first-order valence-electron chi connectivity index (χ1n) is 9.04. The van der Waals surface area contributed by atoms with Gasteiger partial charge >= 0.3 is 0 Å². The summed E-state index contributed by atoms with van der Waals surface area (Å²) in [6, 6.07) is 20.8. The number of rotatable bonds is 7. The van der Waals surface area contributed by atoms with Gasteiger partial charge in [0.05, 0.1) is 5.75 Å². The highest BCUT2D eigenvalue weighted by atomic mass is 32.2. The van der Waals surface area contributed by atoms with E-state index in [4.69, 9.17) is 4.74 Å². The Morgan fingerprint density at radius 2 is 1.68 bits per heavy atom. The molecule has 1 atom stereocenters. The van der Waals surface area contributed by atoms with E-state index in [2.05, 4.69) is 5.32 Å². The van der Waals surface area contributed by atoms with Gasteiger partial charge in [-0.2, -0.15) is 0 Å². The van der Waals surface area contributed by atoms with Crippen LogP contribution in [0.4, 0.5) is 5.69 Å². The Balaban J connectivity index is 1.62. The molecule has 0 saturated heterocycles. The van der Waals surface area contributed by atoms with Crippen LogP contribution in [0.2, 0.25) is 0 Å². The minimum atomic E-state index is -2.99. The average Bonchev–Trinajstić information content (AvgIpc) is 2.67. The molecule has 1 N–H and O–H groups in total. The smallest absolute Gasteiger partial charge is 0.265 e. The van der Waals surface area contributed by atoms with Gasteiger partial charge in [-0.15, -0.1) is 0 Å². The normalized spacial score (nSPS) is 12.5. The lowest BCUT2D eigenvalue weighted by Gasteiger charge is -2.16. The molecule has 0 aliphatic carbocycles. The maximum absolute atomic E-state index is 12.5. The third-order valence-electron chi connectivity index (χ3n) is 4.41. The van der Waals surface area contributed by atoms with Crippen molar-refractivity contribution in [3.63, 3.8) is 0 Å². The number of benzene rings is 3. The summed E-state index contributed by atoms with van der Waals surface area (Å²) in [5.41, 5.74) is 1.55. The summed E-state index contributed by atoms with van der Waals surface area (Å²) in [5, 5.41) is 4.84. The molecule has 6 heteroatoms. The number of carbonyl (C=O) groups excluding carboxylic acids is 1. The minimum Gasteiger partial charge on any atom is -0.480 e. The quantitative estimate of drug-likeness (QED) is 0.658. The van der Waals surface area contributed by atoms with Crippen LogP contribution < -0.4 is 10.1 Å². The number of fused-ring (bicyclic) bond motifs is 1. The molecule has 0 unspecified atom stereocenters. The average molecular weight is 397 g/mol. The van der Waals surface area contributed by atoms with E-state index in [1.807, 2.05) is 54.6 Å². The molecule has 0 fully saturated rings. The summed E-state index contributed by atoms with van der Waals surface area (Å²) in [6.07, 6.45) is 1.00. The number of amides is 1. The molecule has 0 aromatic heterocycles. The first-order valence-corrected chi connectivity index (χ1v) is 11.1. The zero-order chi connectivity index (χ0) is 20.1. The van der Waals surface area contributed by atoms with Gasteiger partial charge in [-0.1, -0.05) is 48.5 Å². The molecular formula is C22H23NO4S. The molecule has 5 nitrogen and oxygen atoms in total. The van der Waals surface area contributed by atoms with Crippen molar-refractivity contribution in [3.8, 4) is 5.75 Å². The zero-order valence-electron chi connectivity index (χ0n) is 15.9. The Kier molecular flexibility index (Phi) is 5.99. The lowest BCUT2D eigenvalue weighted by molar-refractivity contribution is -0.122. The molecule has 0 aliphatic heterocycles. The molecule has 1 amide bonds. The number of nitrogens with one attached hydrogen (secondary N) is 1. The van der Waals surface area contributed by atoms with Crippen molar-refractivity contribution in [2.24, 2.45) is 0 Å². The van der Waals surface area contributed by atoms with E-state index in [0.29, 0.717) is 17.9 Å². The second-order valence-electron chi connectivity index (χ2n) is 6.80. The molecule has 0 spiro atoms. The highest BCUT2D eigenvalue weighted by molar-refractivity contribution is 7.90. The number of hydrogen-bond donors (Lipinski definition) is 1. The molecule has 146 valence electrons. The predicted octanol–water partition coefficient (Wildman–Crippen LogP) is 3.83. The van der Waals surface area contributed by atoms with Crippen LogP contribution in [0.3, 0.4) is 0 Å². The van der Waals surface area contributed by atoms with E-state index < -0.39 is 15.9 Å². The lowest BCUT2D eigenvalue weighted by Crippen LogP contribution is -2.30. The first-order chi connectivity index (χ1) is 13.3. The van der Waals surface area contributed by atoms with Gasteiger partial charge in [0.2, 0.25) is 0 Å². The van der Waals surface area contributed by atoms with E-state index in [0.717, 1.165) is 16.3 Å². The number of ether oxygens (including phenoxy) is 1. The van der Waals surface area contributed by atoms with Gasteiger partial charge in [-0.25, -0.2) is 8.42 Å². The van der Waals surface area contributed by atoms with E-state index in [1.54, 1.807) is 19.1 Å². The van der Waals surface area contributed by atoms with E-state index in [1.165, 1.54) is 6.26 Å². The van der Waals surface area contributed by atoms with Crippen molar-refractivity contribution in [2.45, 2.75) is 19.4 Å². The lowest BCUT2D eigenvalue weighted by atomic mass is 10.1. The van der Waals surface area contributed by atoms with Crippen molar-refractivity contribution in [1.29, 1.82) is 0 Å². The van der Waals surface area contributed by atoms with Gasteiger partial charge in [0.1, 0.15) is 15.6 Å². The highest BCUT2D eigenvalue weighted by Gasteiger charge is 2.16. The third-order valence-corrected chi connectivity index (χ3v) is 5.35. The van der Waals surface area contributed by atoms with Crippen LogP contribution in [0.5, 0.6) is 5.75 Å². The monoisotopic (exact) mass is 397 g/mol. The molecule has 28 heavy (non-hydrogen) atoms. The predicted molar refractivity (Wildman–Crippen MR) is 113 cm³/mol. The Hall–Kier alpha value is -2.86. The van der Waals surface area contributed by atoms with Crippen molar-refractivity contribution in [2.75, 3.05) is 17.3 Å². The number of hydrogen-bond acceptors (Lipinski definition) is 4. The van der Waals surface area contributed by atoms with Gasteiger partial charge in [-0.3, -0.25) is 4.79 Å². The van der Waals surface area contributed by atoms with E-state index in [9.17, 15) is 13.2 Å². The van der Waals surface area contributed by atoms with Gasteiger partial charge in [-0.05, 0) is 42.5 Å². The highest BCUT2D eigenvalue weighted by Crippen LogP contribution is 2.26. The summed E-state index contributed by atoms with van der Waals surface area (Å²) in [4.78, 5) is 12.5. The van der Waals surface area contributed by atoms with Crippen LogP contribution in [-0.4, -0.2) is 32.4 Å². The van der Waals surface area contributed by atoms with Gasteiger partial charge < -0.3 is 10.1 Å². The minimum absolute atomic E-state index is 0.106. The number of aryl methyl sites for hydroxylation is 1. The van der Waals surface area contributed by atoms with E-state index >= 15 is 0 Å². The van der Waals surface area contributed by atoms with Gasteiger partial charge in [0.25, 0.3) is 5.91 Å². The fourth-order valence-electron chi connectivity index (χ4n) is 2.84. The van der Waals surface area contributed by atoms with Gasteiger partial charge in [0, 0.05) is 17.3 Å². The maximum Gasteiger partial charge on any atom is 0.265 e. The Bertz CT molecular complexity index is 1070. The van der Waals surface area contributed by atoms with Gasteiger partial charge in [0.15, 0.2) is 6.10 Å². The van der Waals surface area contributed by atoms with Crippen molar-refractivity contribution < 1.29 is 17.9 Å². The Morgan fingerprint density at radius 3 is 2.39 bits per heavy atom. The molecule has 0 saturated carbocycles. The van der Waals surface area contributed by atoms with E-state index in [-0.39, 0.29) is 11.7 Å². The second kappa shape index (κ2) is 8.44. The zero-order valence-corrected chi connectivity index (χ0v) is 16.7. The molecule has 3 aromatic carbocycles. The van der Waals surface area contributed by atoms with Crippen LogP contribution >= 0.6 is 0 Å². The number of sulfone groups is 1.